The van der Waals surface area contributed by atoms with E-state index in [0.29, 0.717) is 11.4 Å². The Morgan fingerprint density at radius 3 is 2.68 bits per heavy atom. The Bertz CT molecular complexity index is 1180. The van der Waals surface area contributed by atoms with E-state index in [1.54, 1.807) is 6.07 Å². The maximum absolute atomic E-state index is 12.4. The van der Waals surface area contributed by atoms with Crippen molar-refractivity contribution in [1.29, 1.82) is 0 Å². The predicted molar refractivity (Wildman–Crippen MR) is 91.6 cm³/mol. The summed E-state index contributed by atoms with van der Waals surface area (Å²) in [5.74, 6) is 0.0942. The number of H-pyrrole nitrogens is 2. The summed E-state index contributed by atoms with van der Waals surface area (Å²) < 4.78 is 29.9. The Morgan fingerprint density at radius 1 is 1.20 bits per heavy atom. The van der Waals surface area contributed by atoms with E-state index in [-0.39, 0.29) is 21.7 Å². The topological polar surface area (TPSA) is 122 Å². The first kappa shape index (κ1) is 17.2. The van der Waals surface area contributed by atoms with Crippen molar-refractivity contribution in [3.63, 3.8) is 0 Å². The highest BCUT2D eigenvalue weighted by atomic mass is 35.5. The van der Waals surface area contributed by atoms with Crippen molar-refractivity contribution >= 4 is 32.8 Å². The summed E-state index contributed by atoms with van der Waals surface area (Å²) in [6, 6.07) is 5.58. The number of benzene rings is 1. The fourth-order valence-electron chi connectivity index (χ4n) is 2.21. The van der Waals surface area contributed by atoms with Gasteiger partial charge in [0.05, 0.1) is 11.6 Å². The minimum atomic E-state index is -4.22. The standard InChI is InChI=1S/C15H12ClN3O5S/c1-2-8-5-9(3-4-12(8)16)24-25(22,23)10-6-11-13(17-7-10)18-15(21)19-14(11)20/h3-7H,2H2,1H3,(H2,17,18,19,20,21). The van der Waals surface area contributed by atoms with E-state index in [4.69, 9.17) is 15.8 Å². The molecule has 0 saturated carbocycles. The molecule has 1 aromatic carbocycles. The second-order valence-corrected chi connectivity index (χ2v) is 7.07. The molecule has 0 saturated heterocycles. The molecule has 2 heterocycles. The molecule has 130 valence electrons. The molecule has 0 unspecified atom stereocenters. The largest absolute Gasteiger partial charge is 0.379 e. The molecule has 0 bridgehead atoms. The summed E-state index contributed by atoms with van der Waals surface area (Å²) in [5.41, 5.74) is -0.763. The van der Waals surface area contributed by atoms with E-state index < -0.39 is 21.4 Å². The molecular formula is C15H12ClN3O5S. The van der Waals surface area contributed by atoms with Crippen LogP contribution < -0.4 is 15.4 Å². The zero-order chi connectivity index (χ0) is 18.2. The third-order valence-electron chi connectivity index (χ3n) is 3.46. The lowest BCUT2D eigenvalue weighted by Crippen LogP contribution is -2.23. The van der Waals surface area contributed by atoms with Crippen LogP contribution in [0.5, 0.6) is 5.75 Å². The van der Waals surface area contributed by atoms with Gasteiger partial charge in [-0.1, -0.05) is 18.5 Å². The van der Waals surface area contributed by atoms with Crippen LogP contribution in [0.2, 0.25) is 5.02 Å². The highest BCUT2D eigenvalue weighted by Crippen LogP contribution is 2.25. The van der Waals surface area contributed by atoms with Crippen LogP contribution in [0, 0.1) is 0 Å². The van der Waals surface area contributed by atoms with Gasteiger partial charge < -0.3 is 4.18 Å². The molecule has 2 N–H and O–H groups in total. The summed E-state index contributed by atoms with van der Waals surface area (Å²) in [5, 5.41) is 0.435. The van der Waals surface area contributed by atoms with E-state index in [1.165, 1.54) is 12.1 Å². The van der Waals surface area contributed by atoms with Crippen LogP contribution in [-0.4, -0.2) is 23.4 Å². The van der Waals surface area contributed by atoms with E-state index in [0.717, 1.165) is 17.8 Å². The first-order valence-corrected chi connectivity index (χ1v) is 8.94. The molecule has 0 aliphatic rings. The number of aromatic nitrogens is 3. The number of nitrogens with one attached hydrogen (secondary N) is 2. The maximum Gasteiger partial charge on any atom is 0.340 e. The lowest BCUT2D eigenvalue weighted by atomic mass is 10.2. The van der Waals surface area contributed by atoms with E-state index >= 15 is 0 Å². The van der Waals surface area contributed by atoms with Gasteiger partial charge in [0.25, 0.3) is 5.56 Å². The van der Waals surface area contributed by atoms with E-state index in [1.807, 2.05) is 11.9 Å². The van der Waals surface area contributed by atoms with Crippen molar-refractivity contribution in [3.8, 4) is 5.75 Å². The smallest absolute Gasteiger partial charge is 0.340 e. The summed E-state index contributed by atoms with van der Waals surface area (Å²) in [6.07, 6.45) is 1.61. The fourth-order valence-corrected chi connectivity index (χ4v) is 3.36. The SMILES string of the molecule is CCc1cc(OS(=O)(=O)c2cnc3[nH]c(=O)[nH]c(=O)c3c2)ccc1Cl. The number of aromatic amines is 2. The first-order valence-electron chi connectivity index (χ1n) is 7.15. The monoisotopic (exact) mass is 381 g/mol. The summed E-state index contributed by atoms with van der Waals surface area (Å²) in [7, 11) is -4.22. The third-order valence-corrected chi connectivity index (χ3v) is 5.04. The van der Waals surface area contributed by atoms with Crippen molar-refractivity contribution in [2.24, 2.45) is 0 Å². The van der Waals surface area contributed by atoms with Gasteiger partial charge >= 0.3 is 15.8 Å². The Hall–Kier alpha value is -2.65. The summed E-state index contributed by atoms with van der Waals surface area (Å²) in [6.45, 7) is 1.87. The predicted octanol–water partition coefficient (Wildman–Crippen LogP) is 1.59. The van der Waals surface area contributed by atoms with Gasteiger partial charge in [-0.15, -0.1) is 0 Å². The van der Waals surface area contributed by atoms with Crippen molar-refractivity contribution in [3.05, 3.63) is 61.9 Å². The zero-order valence-corrected chi connectivity index (χ0v) is 14.4. The van der Waals surface area contributed by atoms with Crippen LogP contribution in [-0.2, 0) is 16.5 Å². The molecule has 0 spiro atoms. The molecule has 0 aliphatic carbocycles. The van der Waals surface area contributed by atoms with E-state index in [9.17, 15) is 18.0 Å². The second-order valence-electron chi connectivity index (χ2n) is 5.12. The molecule has 3 aromatic rings. The van der Waals surface area contributed by atoms with Gasteiger partial charge in [0, 0.05) is 5.02 Å². The normalized spacial score (nSPS) is 11.6. The summed E-state index contributed by atoms with van der Waals surface area (Å²) >= 11 is 6.00. The van der Waals surface area contributed by atoms with Gasteiger partial charge in [-0.3, -0.25) is 14.8 Å². The summed E-state index contributed by atoms with van der Waals surface area (Å²) in [4.78, 5) is 30.8. The fraction of sp³-hybridized carbons (Fsp3) is 0.133. The number of pyridine rings is 1. The Morgan fingerprint density at radius 2 is 1.96 bits per heavy atom. The zero-order valence-electron chi connectivity index (χ0n) is 12.9. The average molecular weight is 382 g/mol. The quantitative estimate of drug-likeness (QED) is 0.662. The van der Waals surface area contributed by atoms with Gasteiger partial charge in [-0.2, -0.15) is 8.42 Å². The van der Waals surface area contributed by atoms with Gasteiger partial charge in [0.2, 0.25) is 0 Å². The lowest BCUT2D eigenvalue weighted by Gasteiger charge is -2.09. The van der Waals surface area contributed by atoms with Gasteiger partial charge in [-0.25, -0.2) is 9.78 Å². The molecule has 0 radical (unpaired) electrons. The van der Waals surface area contributed by atoms with E-state index in [2.05, 4.69) is 9.97 Å². The molecule has 0 atom stereocenters. The number of nitrogens with zero attached hydrogens (tertiary/aromatic N) is 1. The van der Waals surface area contributed by atoms with Crippen LogP contribution in [0.1, 0.15) is 12.5 Å². The maximum atomic E-state index is 12.4. The number of halogens is 1. The Kier molecular flexibility index (Phi) is 4.36. The molecular weight excluding hydrogens is 370 g/mol. The Labute approximate surface area is 146 Å². The number of hydrogen-bond acceptors (Lipinski definition) is 6. The molecule has 0 aliphatic heterocycles. The van der Waals surface area contributed by atoms with Crippen LogP contribution in [0.4, 0.5) is 0 Å². The van der Waals surface area contributed by atoms with Crippen LogP contribution in [0.15, 0.2) is 44.9 Å². The highest BCUT2D eigenvalue weighted by Gasteiger charge is 2.19. The van der Waals surface area contributed by atoms with Gasteiger partial charge in [0.15, 0.2) is 0 Å². The van der Waals surface area contributed by atoms with Crippen molar-refractivity contribution in [1.82, 2.24) is 15.0 Å². The number of fused-ring (bicyclic) bond motifs is 1. The highest BCUT2D eigenvalue weighted by molar-refractivity contribution is 7.87. The van der Waals surface area contributed by atoms with Crippen LogP contribution in [0.25, 0.3) is 11.0 Å². The minimum absolute atomic E-state index is 0.0209. The van der Waals surface area contributed by atoms with Gasteiger partial charge in [0.1, 0.15) is 16.3 Å². The third kappa shape index (κ3) is 3.42. The molecule has 2 aromatic heterocycles. The lowest BCUT2D eigenvalue weighted by molar-refractivity contribution is 0.485. The average Bonchev–Trinajstić information content (AvgIpc) is 2.56. The molecule has 8 nitrogen and oxygen atoms in total. The van der Waals surface area contributed by atoms with Gasteiger partial charge in [-0.05, 0) is 36.2 Å². The van der Waals surface area contributed by atoms with Crippen molar-refractivity contribution in [2.75, 3.05) is 0 Å². The number of hydrogen-bond donors (Lipinski definition) is 2. The number of aryl methyl sites for hydroxylation is 1. The molecule has 0 fully saturated rings. The molecule has 10 heteroatoms. The molecule has 3 rings (SSSR count). The minimum Gasteiger partial charge on any atom is -0.379 e. The Balaban J connectivity index is 2.04. The van der Waals surface area contributed by atoms with Crippen LogP contribution in [0.3, 0.4) is 0 Å². The van der Waals surface area contributed by atoms with Crippen LogP contribution >= 0.6 is 11.6 Å². The second kappa shape index (κ2) is 6.34. The van der Waals surface area contributed by atoms with Crippen molar-refractivity contribution in [2.45, 2.75) is 18.2 Å². The number of rotatable bonds is 4. The first-order chi connectivity index (χ1) is 11.8. The van der Waals surface area contributed by atoms with Crippen molar-refractivity contribution < 1.29 is 12.6 Å². The molecule has 0 amide bonds. The molecule has 25 heavy (non-hydrogen) atoms.